The Morgan fingerprint density at radius 2 is 1.43 bits per heavy atom. The van der Waals surface area contributed by atoms with Crippen molar-refractivity contribution in [2.45, 2.75) is 57.1 Å². The number of sulfonamides is 1. The molecule has 0 fully saturated rings. The normalized spacial score (nSPS) is 12.6. The van der Waals surface area contributed by atoms with Crippen LogP contribution in [0.2, 0.25) is 0 Å². The van der Waals surface area contributed by atoms with Crippen LogP contribution in [-0.4, -0.2) is 43.8 Å². The molecule has 9 heteroatoms. The van der Waals surface area contributed by atoms with Crippen LogP contribution < -0.4 is 9.62 Å². The third-order valence-electron chi connectivity index (χ3n) is 7.56. The average molecular weight is 616 g/mol. The molecule has 7 nitrogen and oxygen atoms in total. The molecule has 0 aliphatic carbocycles. The fourth-order valence-electron chi connectivity index (χ4n) is 4.88. The number of aryl methyl sites for hydroxylation is 1. The molecule has 4 rings (SSSR count). The lowest BCUT2D eigenvalue weighted by Gasteiger charge is -2.34. The van der Waals surface area contributed by atoms with E-state index in [1.54, 1.807) is 67.6 Å². The zero-order valence-corrected chi connectivity index (χ0v) is 26.0. The molecular formula is C35H38FN3O4S. The molecule has 0 unspecified atom stereocenters. The van der Waals surface area contributed by atoms with Gasteiger partial charge < -0.3 is 10.2 Å². The number of hydrogen-bond acceptors (Lipinski definition) is 4. The number of halogens is 1. The quantitative estimate of drug-likeness (QED) is 0.203. The molecule has 2 atom stereocenters. The fraction of sp³-hybridized carbons (Fsp3) is 0.257. The summed E-state index contributed by atoms with van der Waals surface area (Å²) in [5.41, 5.74) is 1.99. The van der Waals surface area contributed by atoms with E-state index in [2.05, 4.69) is 5.32 Å². The first-order valence-electron chi connectivity index (χ1n) is 14.6. The Morgan fingerprint density at radius 3 is 2.07 bits per heavy atom. The summed E-state index contributed by atoms with van der Waals surface area (Å²) in [5.74, 6) is -1.57. The van der Waals surface area contributed by atoms with Gasteiger partial charge in [-0.05, 0) is 55.7 Å². The van der Waals surface area contributed by atoms with E-state index in [1.807, 2.05) is 44.2 Å². The summed E-state index contributed by atoms with van der Waals surface area (Å²) in [4.78, 5) is 29.6. The van der Waals surface area contributed by atoms with E-state index < -0.39 is 40.2 Å². The number of amides is 2. The molecule has 0 aliphatic rings. The minimum absolute atomic E-state index is 0.0204. The number of para-hydroxylation sites is 1. The Morgan fingerprint density at radius 1 is 0.841 bits per heavy atom. The number of nitrogens with one attached hydrogen (secondary N) is 1. The van der Waals surface area contributed by atoms with Crippen LogP contribution in [0.25, 0.3) is 0 Å². The lowest BCUT2D eigenvalue weighted by Crippen LogP contribution is -2.54. The monoisotopic (exact) mass is 615 g/mol. The second-order valence-electron chi connectivity index (χ2n) is 10.7. The molecule has 0 heterocycles. The highest BCUT2D eigenvalue weighted by atomic mass is 32.2. The maximum atomic E-state index is 15.0. The predicted molar refractivity (Wildman–Crippen MR) is 171 cm³/mol. The van der Waals surface area contributed by atoms with Gasteiger partial charge in [-0.1, -0.05) is 91.9 Å². The summed E-state index contributed by atoms with van der Waals surface area (Å²) >= 11 is 0. The van der Waals surface area contributed by atoms with Gasteiger partial charge in [0.05, 0.1) is 10.6 Å². The molecule has 4 aromatic carbocycles. The minimum Gasteiger partial charge on any atom is -0.352 e. The van der Waals surface area contributed by atoms with Crippen molar-refractivity contribution in [3.63, 3.8) is 0 Å². The highest BCUT2D eigenvalue weighted by Gasteiger charge is 2.35. The maximum Gasteiger partial charge on any atom is 0.264 e. The van der Waals surface area contributed by atoms with Crippen LogP contribution in [-0.2, 0) is 32.6 Å². The van der Waals surface area contributed by atoms with Crippen molar-refractivity contribution in [3.8, 4) is 0 Å². The number of rotatable bonds is 13. The van der Waals surface area contributed by atoms with Crippen molar-refractivity contribution in [1.29, 1.82) is 0 Å². The molecule has 0 saturated heterocycles. The summed E-state index contributed by atoms with van der Waals surface area (Å²) < 4.78 is 44.2. The molecule has 0 aromatic heterocycles. The van der Waals surface area contributed by atoms with Gasteiger partial charge in [-0.15, -0.1) is 0 Å². The molecule has 0 aliphatic heterocycles. The minimum atomic E-state index is -4.20. The van der Waals surface area contributed by atoms with Crippen molar-refractivity contribution >= 4 is 27.5 Å². The second kappa shape index (κ2) is 14.8. The van der Waals surface area contributed by atoms with Crippen molar-refractivity contribution in [1.82, 2.24) is 10.2 Å². The molecule has 0 radical (unpaired) electrons. The number of carbonyl (C=O) groups excluding carboxylic acids is 2. The van der Waals surface area contributed by atoms with Gasteiger partial charge >= 0.3 is 0 Å². The molecule has 1 N–H and O–H groups in total. The first kappa shape index (κ1) is 32.4. The molecule has 2 amide bonds. The van der Waals surface area contributed by atoms with Gasteiger partial charge in [0.25, 0.3) is 10.0 Å². The lowest BCUT2D eigenvalue weighted by atomic mass is 10.0. The second-order valence-corrected chi connectivity index (χ2v) is 12.6. The predicted octanol–water partition coefficient (Wildman–Crippen LogP) is 5.88. The fourth-order valence-corrected chi connectivity index (χ4v) is 6.38. The van der Waals surface area contributed by atoms with E-state index in [0.717, 1.165) is 9.87 Å². The van der Waals surface area contributed by atoms with Crippen LogP contribution in [0.15, 0.2) is 114 Å². The van der Waals surface area contributed by atoms with Crippen LogP contribution >= 0.6 is 0 Å². The summed E-state index contributed by atoms with van der Waals surface area (Å²) in [7, 11) is -4.20. The van der Waals surface area contributed by atoms with Gasteiger partial charge in [-0.3, -0.25) is 13.9 Å². The summed E-state index contributed by atoms with van der Waals surface area (Å²) in [6.07, 6.45) is 0.820. The topological polar surface area (TPSA) is 86.8 Å². The van der Waals surface area contributed by atoms with Crippen LogP contribution in [0.1, 0.15) is 37.0 Å². The molecule has 4 aromatic rings. The standard InChI is InChI=1S/C35H38FN3O4S/c1-4-27(3)37-35(41)33(23-28-16-7-5-8-17-28)38(24-29-18-12-13-21-31(29)36)34(40)25-39(32-22-14-11-15-26(32)2)44(42,43)30-19-9-6-10-20-30/h5-22,27,33H,4,23-25H2,1-3H3,(H,37,41)/t27-,33+/m0/s1. The number of hydrogen-bond donors (Lipinski definition) is 1. The van der Waals surface area contributed by atoms with Crippen molar-refractivity contribution in [2.24, 2.45) is 0 Å². The van der Waals surface area contributed by atoms with E-state index in [0.29, 0.717) is 17.7 Å². The van der Waals surface area contributed by atoms with Gasteiger partial charge in [0.1, 0.15) is 18.4 Å². The Bertz CT molecular complexity index is 1670. The van der Waals surface area contributed by atoms with Gasteiger partial charge in [0.15, 0.2) is 0 Å². The maximum absolute atomic E-state index is 15.0. The zero-order valence-electron chi connectivity index (χ0n) is 25.2. The van der Waals surface area contributed by atoms with Gasteiger partial charge in [-0.25, -0.2) is 12.8 Å². The van der Waals surface area contributed by atoms with Crippen LogP contribution in [0.3, 0.4) is 0 Å². The summed E-state index contributed by atoms with van der Waals surface area (Å²) in [5, 5.41) is 2.98. The summed E-state index contributed by atoms with van der Waals surface area (Å²) in [6.45, 7) is 4.74. The third kappa shape index (κ3) is 7.90. The lowest BCUT2D eigenvalue weighted by molar-refractivity contribution is -0.140. The van der Waals surface area contributed by atoms with E-state index >= 15 is 4.39 Å². The average Bonchev–Trinajstić information content (AvgIpc) is 3.03. The van der Waals surface area contributed by atoms with E-state index in [1.165, 1.54) is 23.1 Å². The third-order valence-corrected chi connectivity index (χ3v) is 9.34. The van der Waals surface area contributed by atoms with E-state index in [9.17, 15) is 18.0 Å². The largest absolute Gasteiger partial charge is 0.352 e. The molecule has 230 valence electrons. The van der Waals surface area contributed by atoms with Crippen molar-refractivity contribution in [3.05, 3.63) is 132 Å². The van der Waals surface area contributed by atoms with E-state index in [4.69, 9.17) is 0 Å². The number of benzene rings is 4. The van der Waals surface area contributed by atoms with Gasteiger partial charge in [-0.2, -0.15) is 0 Å². The number of nitrogens with zero attached hydrogens (tertiary/aromatic N) is 2. The number of carbonyl (C=O) groups is 2. The molecule has 0 spiro atoms. The molecular weight excluding hydrogens is 577 g/mol. The Balaban J connectivity index is 1.82. The molecule has 44 heavy (non-hydrogen) atoms. The Hall–Kier alpha value is -4.50. The van der Waals surface area contributed by atoms with E-state index in [-0.39, 0.29) is 29.5 Å². The SMILES string of the molecule is CC[C@H](C)NC(=O)[C@@H](Cc1ccccc1)N(Cc1ccccc1F)C(=O)CN(c1ccccc1C)S(=O)(=O)c1ccccc1. The smallest absolute Gasteiger partial charge is 0.264 e. The van der Waals surface area contributed by atoms with Gasteiger partial charge in [0.2, 0.25) is 11.8 Å². The first-order chi connectivity index (χ1) is 21.1. The zero-order chi connectivity index (χ0) is 31.7. The molecule has 0 saturated carbocycles. The Kier molecular flexibility index (Phi) is 10.9. The highest BCUT2D eigenvalue weighted by molar-refractivity contribution is 7.92. The van der Waals surface area contributed by atoms with Crippen LogP contribution in [0.5, 0.6) is 0 Å². The first-order valence-corrected chi connectivity index (χ1v) is 16.1. The van der Waals surface area contributed by atoms with Crippen LogP contribution in [0.4, 0.5) is 10.1 Å². The highest BCUT2D eigenvalue weighted by Crippen LogP contribution is 2.28. The van der Waals surface area contributed by atoms with Crippen molar-refractivity contribution < 1.29 is 22.4 Å². The number of anilines is 1. The molecule has 0 bridgehead atoms. The van der Waals surface area contributed by atoms with Crippen molar-refractivity contribution in [2.75, 3.05) is 10.8 Å². The Labute approximate surface area is 259 Å². The van der Waals surface area contributed by atoms with Crippen LogP contribution in [0, 0.1) is 12.7 Å². The summed E-state index contributed by atoms with van der Waals surface area (Å²) in [6, 6.07) is 28.9. The van der Waals surface area contributed by atoms with Gasteiger partial charge in [0, 0.05) is 24.6 Å².